The molecule has 0 saturated heterocycles. The van der Waals surface area contributed by atoms with Crippen molar-refractivity contribution in [3.8, 4) is 0 Å². The molecule has 1 aromatic carbocycles. The highest BCUT2D eigenvalue weighted by atomic mass is 15.2. The van der Waals surface area contributed by atoms with E-state index in [2.05, 4.69) is 76.9 Å². The average molecular weight is 275 g/mol. The lowest BCUT2D eigenvalue weighted by molar-refractivity contribution is 0.0918. The van der Waals surface area contributed by atoms with Gasteiger partial charge in [0.15, 0.2) is 0 Å². The number of unbranched alkanes of at least 4 members (excludes halogenated alkanes) is 1. The molecule has 0 aliphatic rings. The van der Waals surface area contributed by atoms with Crippen LogP contribution in [0.1, 0.15) is 65.5 Å². The van der Waals surface area contributed by atoms with Crippen LogP contribution in [0.3, 0.4) is 0 Å². The first-order valence-electron chi connectivity index (χ1n) is 8.25. The fourth-order valence-corrected chi connectivity index (χ4v) is 3.60. The molecule has 114 valence electrons. The van der Waals surface area contributed by atoms with Gasteiger partial charge in [0.2, 0.25) is 0 Å². The standard InChI is InChI=1S/C19H33N/c1-7-8-14-18(17-12-10-9-11-13-17)20(6)19(15(2)3)16(4)5/h9-13,15-16,18-19H,7-8,14H2,1-6H3. The van der Waals surface area contributed by atoms with Crippen LogP contribution in [0.2, 0.25) is 0 Å². The van der Waals surface area contributed by atoms with Crippen LogP contribution >= 0.6 is 0 Å². The summed E-state index contributed by atoms with van der Waals surface area (Å²) in [6.45, 7) is 11.7. The Kier molecular flexibility index (Phi) is 7.29. The molecule has 1 aromatic rings. The van der Waals surface area contributed by atoms with Crippen LogP contribution in [0.15, 0.2) is 30.3 Å². The van der Waals surface area contributed by atoms with Gasteiger partial charge in [-0.1, -0.05) is 77.8 Å². The molecule has 0 aliphatic heterocycles. The van der Waals surface area contributed by atoms with Gasteiger partial charge >= 0.3 is 0 Å². The SMILES string of the molecule is CCCCC(c1ccccc1)N(C)C(C(C)C)C(C)C. The van der Waals surface area contributed by atoms with Gasteiger partial charge in [-0.05, 0) is 30.9 Å². The van der Waals surface area contributed by atoms with E-state index >= 15 is 0 Å². The summed E-state index contributed by atoms with van der Waals surface area (Å²) in [6.07, 6.45) is 3.82. The predicted octanol–water partition coefficient (Wildman–Crippen LogP) is 5.53. The summed E-state index contributed by atoms with van der Waals surface area (Å²) in [7, 11) is 2.32. The Morgan fingerprint density at radius 3 is 1.95 bits per heavy atom. The Hall–Kier alpha value is -0.820. The van der Waals surface area contributed by atoms with Gasteiger partial charge in [-0.2, -0.15) is 0 Å². The monoisotopic (exact) mass is 275 g/mol. The van der Waals surface area contributed by atoms with E-state index in [0.29, 0.717) is 23.9 Å². The Balaban J connectivity index is 2.97. The first-order chi connectivity index (χ1) is 9.49. The second kappa shape index (κ2) is 8.46. The molecular weight excluding hydrogens is 242 g/mol. The minimum atomic E-state index is 0.547. The van der Waals surface area contributed by atoms with E-state index in [4.69, 9.17) is 0 Å². The lowest BCUT2D eigenvalue weighted by Crippen LogP contribution is -2.42. The molecule has 0 fully saturated rings. The number of hydrogen-bond donors (Lipinski definition) is 0. The predicted molar refractivity (Wildman–Crippen MR) is 89.9 cm³/mol. The highest BCUT2D eigenvalue weighted by Gasteiger charge is 2.28. The Bertz CT molecular complexity index is 347. The van der Waals surface area contributed by atoms with Crippen molar-refractivity contribution in [3.63, 3.8) is 0 Å². The van der Waals surface area contributed by atoms with Crippen molar-refractivity contribution in [1.29, 1.82) is 0 Å². The maximum atomic E-state index is 2.63. The topological polar surface area (TPSA) is 3.24 Å². The zero-order valence-electron chi connectivity index (χ0n) is 14.3. The summed E-state index contributed by atoms with van der Waals surface area (Å²) in [5.74, 6) is 1.38. The minimum absolute atomic E-state index is 0.547. The third-order valence-corrected chi connectivity index (χ3v) is 4.34. The molecule has 1 rings (SSSR count). The van der Waals surface area contributed by atoms with Crippen LogP contribution in [0, 0.1) is 11.8 Å². The van der Waals surface area contributed by atoms with E-state index in [9.17, 15) is 0 Å². The molecule has 0 aliphatic carbocycles. The fraction of sp³-hybridized carbons (Fsp3) is 0.684. The molecular formula is C19H33N. The average Bonchev–Trinajstić information content (AvgIpc) is 2.39. The highest BCUT2D eigenvalue weighted by Crippen LogP contribution is 2.31. The molecule has 1 atom stereocenters. The van der Waals surface area contributed by atoms with Crippen LogP contribution in [0.4, 0.5) is 0 Å². The van der Waals surface area contributed by atoms with Crippen molar-refractivity contribution >= 4 is 0 Å². The zero-order valence-corrected chi connectivity index (χ0v) is 14.3. The number of rotatable bonds is 8. The van der Waals surface area contributed by atoms with Crippen molar-refractivity contribution in [3.05, 3.63) is 35.9 Å². The van der Waals surface area contributed by atoms with Crippen molar-refractivity contribution in [1.82, 2.24) is 4.90 Å². The van der Waals surface area contributed by atoms with E-state index in [1.54, 1.807) is 0 Å². The summed E-state index contributed by atoms with van der Waals surface area (Å²) in [5.41, 5.74) is 1.47. The first kappa shape index (κ1) is 17.2. The van der Waals surface area contributed by atoms with Crippen LogP contribution < -0.4 is 0 Å². The Labute approximate surface area is 126 Å². The Morgan fingerprint density at radius 1 is 0.950 bits per heavy atom. The van der Waals surface area contributed by atoms with Gasteiger partial charge < -0.3 is 0 Å². The van der Waals surface area contributed by atoms with Crippen molar-refractivity contribution < 1.29 is 0 Å². The van der Waals surface area contributed by atoms with Gasteiger partial charge in [0.05, 0.1) is 0 Å². The van der Waals surface area contributed by atoms with Gasteiger partial charge in [-0.25, -0.2) is 0 Å². The van der Waals surface area contributed by atoms with E-state index < -0.39 is 0 Å². The van der Waals surface area contributed by atoms with E-state index in [1.165, 1.54) is 24.8 Å². The maximum Gasteiger partial charge on any atom is 0.0348 e. The summed E-state index contributed by atoms with van der Waals surface area (Å²) in [6, 6.07) is 12.2. The molecule has 0 N–H and O–H groups in total. The summed E-state index contributed by atoms with van der Waals surface area (Å²) < 4.78 is 0. The van der Waals surface area contributed by atoms with Crippen LogP contribution in [0.25, 0.3) is 0 Å². The second-order valence-corrected chi connectivity index (χ2v) is 6.71. The third-order valence-electron chi connectivity index (χ3n) is 4.34. The van der Waals surface area contributed by atoms with Crippen LogP contribution in [-0.4, -0.2) is 18.0 Å². The van der Waals surface area contributed by atoms with E-state index in [1.807, 2.05) is 0 Å². The van der Waals surface area contributed by atoms with Crippen molar-refractivity contribution in [2.24, 2.45) is 11.8 Å². The fourth-order valence-electron chi connectivity index (χ4n) is 3.60. The van der Waals surface area contributed by atoms with Gasteiger partial charge in [0.25, 0.3) is 0 Å². The largest absolute Gasteiger partial charge is 0.296 e. The van der Waals surface area contributed by atoms with Gasteiger partial charge in [0, 0.05) is 12.1 Å². The number of hydrogen-bond acceptors (Lipinski definition) is 1. The van der Waals surface area contributed by atoms with Gasteiger partial charge in [0.1, 0.15) is 0 Å². The van der Waals surface area contributed by atoms with E-state index in [0.717, 1.165) is 0 Å². The molecule has 0 saturated carbocycles. The third kappa shape index (κ3) is 4.63. The maximum absolute atomic E-state index is 2.63. The summed E-state index contributed by atoms with van der Waals surface area (Å²) in [5, 5.41) is 0. The van der Waals surface area contributed by atoms with Crippen LogP contribution in [-0.2, 0) is 0 Å². The van der Waals surface area contributed by atoms with Crippen molar-refractivity contribution in [2.45, 2.75) is 66.0 Å². The molecule has 0 amide bonds. The van der Waals surface area contributed by atoms with Gasteiger partial charge in [-0.3, -0.25) is 4.90 Å². The molecule has 1 heteroatoms. The summed E-state index contributed by atoms with van der Waals surface area (Å²) in [4.78, 5) is 2.63. The van der Waals surface area contributed by atoms with Crippen molar-refractivity contribution in [2.75, 3.05) is 7.05 Å². The highest BCUT2D eigenvalue weighted by molar-refractivity contribution is 5.19. The lowest BCUT2D eigenvalue weighted by atomic mass is 9.88. The summed E-state index contributed by atoms with van der Waals surface area (Å²) >= 11 is 0. The van der Waals surface area contributed by atoms with Crippen LogP contribution in [0.5, 0.6) is 0 Å². The molecule has 0 spiro atoms. The quantitative estimate of drug-likeness (QED) is 0.603. The lowest BCUT2D eigenvalue weighted by Gasteiger charge is -2.40. The molecule has 1 unspecified atom stereocenters. The normalized spacial score (nSPS) is 13.7. The second-order valence-electron chi connectivity index (χ2n) is 6.71. The van der Waals surface area contributed by atoms with E-state index in [-0.39, 0.29) is 0 Å². The zero-order chi connectivity index (χ0) is 15.1. The molecule has 0 bridgehead atoms. The molecule has 1 nitrogen and oxygen atoms in total. The molecule has 0 heterocycles. The molecule has 20 heavy (non-hydrogen) atoms. The molecule has 0 aromatic heterocycles. The minimum Gasteiger partial charge on any atom is -0.296 e. The Morgan fingerprint density at radius 2 is 1.50 bits per heavy atom. The number of benzene rings is 1. The van der Waals surface area contributed by atoms with Gasteiger partial charge in [-0.15, -0.1) is 0 Å². The number of nitrogens with zero attached hydrogens (tertiary/aromatic N) is 1. The smallest absolute Gasteiger partial charge is 0.0348 e. The first-order valence-corrected chi connectivity index (χ1v) is 8.25. The molecule has 0 radical (unpaired) electrons.